The van der Waals surface area contributed by atoms with Gasteiger partial charge in [0.1, 0.15) is 23.8 Å². The van der Waals surface area contributed by atoms with Crippen molar-refractivity contribution in [3.05, 3.63) is 18.3 Å². The molecule has 1 aromatic heterocycles. The zero-order chi connectivity index (χ0) is 14.3. The van der Waals surface area contributed by atoms with Crippen molar-refractivity contribution in [3.8, 4) is 12.1 Å². The molecule has 0 amide bonds. The molecular formula is C11H13N5O2S. The Hall–Kier alpha value is -2.16. The number of nitrogens with zero attached hydrogens (tertiary/aromatic N) is 4. The fourth-order valence-electron chi connectivity index (χ4n) is 1.35. The van der Waals surface area contributed by atoms with E-state index in [0.29, 0.717) is 12.4 Å². The number of rotatable bonds is 6. The number of sulfonamides is 1. The molecule has 1 N–H and O–H groups in total. The van der Waals surface area contributed by atoms with Crippen molar-refractivity contribution < 1.29 is 8.42 Å². The summed E-state index contributed by atoms with van der Waals surface area (Å²) in [4.78, 5) is 3.91. The van der Waals surface area contributed by atoms with E-state index in [0.717, 1.165) is 4.31 Å². The van der Waals surface area contributed by atoms with Gasteiger partial charge >= 0.3 is 0 Å². The highest BCUT2D eigenvalue weighted by molar-refractivity contribution is 7.89. The first-order valence-electron chi connectivity index (χ1n) is 5.50. The van der Waals surface area contributed by atoms with E-state index in [-0.39, 0.29) is 18.0 Å². The molecule has 1 rings (SSSR count). The van der Waals surface area contributed by atoms with Crippen LogP contribution in [0.15, 0.2) is 23.2 Å². The Bertz CT molecular complexity index is 581. The summed E-state index contributed by atoms with van der Waals surface area (Å²) < 4.78 is 25.1. The minimum atomic E-state index is -3.86. The van der Waals surface area contributed by atoms with Crippen LogP contribution in [0.1, 0.15) is 6.92 Å². The Kier molecular flexibility index (Phi) is 5.24. The second-order valence-electron chi connectivity index (χ2n) is 3.50. The number of hydrogen-bond donors (Lipinski definition) is 1. The van der Waals surface area contributed by atoms with Crippen molar-refractivity contribution in [2.75, 3.05) is 25.0 Å². The number of nitriles is 2. The summed E-state index contributed by atoms with van der Waals surface area (Å²) in [5, 5.41) is 20.1. The van der Waals surface area contributed by atoms with Gasteiger partial charge in [-0.15, -0.1) is 0 Å². The molecule has 7 nitrogen and oxygen atoms in total. The minimum absolute atomic E-state index is 0.0420. The minimum Gasteiger partial charge on any atom is -0.370 e. The SMILES string of the molecule is CCNc1ccc(S(=O)(=O)N(CC#N)CC#N)cn1. The first kappa shape index (κ1) is 14.9. The molecule has 0 bridgehead atoms. The number of aromatic nitrogens is 1. The Morgan fingerprint density at radius 3 is 2.37 bits per heavy atom. The third kappa shape index (κ3) is 3.65. The van der Waals surface area contributed by atoms with Crippen molar-refractivity contribution in [2.24, 2.45) is 0 Å². The molecule has 19 heavy (non-hydrogen) atoms. The largest absolute Gasteiger partial charge is 0.370 e. The van der Waals surface area contributed by atoms with Crippen molar-refractivity contribution >= 4 is 15.8 Å². The maximum absolute atomic E-state index is 12.1. The van der Waals surface area contributed by atoms with Crippen LogP contribution in [0.4, 0.5) is 5.82 Å². The molecule has 1 aromatic rings. The predicted octanol–water partition coefficient (Wildman–Crippen LogP) is 0.551. The van der Waals surface area contributed by atoms with Crippen LogP contribution in [-0.2, 0) is 10.0 Å². The van der Waals surface area contributed by atoms with Crippen molar-refractivity contribution in [3.63, 3.8) is 0 Å². The second-order valence-corrected chi connectivity index (χ2v) is 5.44. The zero-order valence-corrected chi connectivity index (χ0v) is 11.2. The van der Waals surface area contributed by atoms with E-state index < -0.39 is 10.0 Å². The topological polar surface area (TPSA) is 110 Å². The lowest BCUT2D eigenvalue weighted by molar-refractivity contribution is 0.479. The van der Waals surface area contributed by atoms with Crippen LogP contribution in [-0.4, -0.2) is 37.3 Å². The Balaban J connectivity index is 3.05. The van der Waals surface area contributed by atoms with Crippen LogP contribution in [0.5, 0.6) is 0 Å². The lowest BCUT2D eigenvalue weighted by Crippen LogP contribution is -2.32. The average molecular weight is 279 g/mol. The van der Waals surface area contributed by atoms with Crippen LogP contribution in [0.25, 0.3) is 0 Å². The summed E-state index contributed by atoms with van der Waals surface area (Å²) in [5.41, 5.74) is 0. The summed E-state index contributed by atoms with van der Waals surface area (Å²) >= 11 is 0. The molecule has 0 aliphatic heterocycles. The van der Waals surface area contributed by atoms with E-state index in [2.05, 4.69) is 10.3 Å². The fourth-order valence-corrected chi connectivity index (χ4v) is 2.53. The van der Waals surface area contributed by atoms with E-state index >= 15 is 0 Å². The molecular weight excluding hydrogens is 266 g/mol. The normalized spacial score (nSPS) is 10.7. The molecule has 8 heteroatoms. The van der Waals surface area contributed by atoms with E-state index in [4.69, 9.17) is 10.5 Å². The molecule has 0 unspecified atom stereocenters. The first-order chi connectivity index (χ1) is 9.06. The van der Waals surface area contributed by atoms with E-state index in [1.54, 1.807) is 12.1 Å². The lowest BCUT2D eigenvalue weighted by atomic mass is 10.4. The molecule has 0 aromatic carbocycles. The third-order valence-corrected chi connectivity index (χ3v) is 4.00. The standard InChI is InChI=1S/C11H13N5O2S/c1-2-14-11-4-3-10(9-15-11)19(17,18)16(7-5-12)8-6-13/h3-4,9H,2,7-8H2,1H3,(H,14,15). The van der Waals surface area contributed by atoms with Crippen molar-refractivity contribution in [2.45, 2.75) is 11.8 Å². The van der Waals surface area contributed by atoms with Gasteiger partial charge in [0.05, 0.1) is 12.1 Å². The number of pyridine rings is 1. The summed E-state index contributed by atoms with van der Waals surface area (Å²) in [6.07, 6.45) is 1.20. The molecule has 0 aliphatic carbocycles. The summed E-state index contributed by atoms with van der Waals surface area (Å²) in [7, 11) is -3.86. The molecule has 0 spiro atoms. The van der Waals surface area contributed by atoms with Gasteiger partial charge in [-0.2, -0.15) is 14.8 Å². The molecule has 0 saturated carbocycles. The average Bonchev–Trinajstić information content (AvgIpc) is 2.39. The highest BCUT2D eigenvalue weighted by atomic mass is 32.2. The van der Waals surface area contributed by atoms with Gasteiger partial charge < -0.3 is 5.32 Å². The zero-order valence-electron chi connectivity index (χ0n) is 10.4. The lowest BCUT2D eigenvalue weighted by Gasteiger charge is -2.15. The molecule has 0 radical (unpaired) electrons. The quantitative estimate of drug-likeness (QED) is 0.761. The van der Waals surface area contributed by atoms with Crippen LogP contribution in [0.2, 0.25) is 0 Å². The highest BCUT2D eigenvalue weighted by Crippen LogP contribution is 2.15. The van der Waals surface area contributed by atoms with Crippen LogP contribution in [0, 0.1) is 22.7 Å². The van der Waals surface area contributed by atoms with Gasteiger partial charge in [-0.25, -0.2) is 13.4 Å². The summed E-state index contributed by atoms with van der Waals surface area (Å²) in [6.45, 7) is 1.83. The second kappa shape index (κ2) is 6.69. The van der Waals surface area contributed by atoms with Gasteiger partial charge in [-0.05, 0) is 19.1 Å². The summed E-state index contributed by atoms with van der Waals surface area (Å²) in [6, 6.07) is 6.37. The Labute approximate surface area is 112 Å². The molecule has 1 heterocycles. The Morgan fingerprint density at radius 2 is 1.95 bits per heavy atom. The maximum atomic E-state index is 12.1. The van der Waals surface area contributed by atoms with Crippen LogP contribution < -0.4 is 5.32 Å². The van der Waals surface area contributed by atoms with Gasteiger partial charge in [0.2, 0.25) is 10.0 Å². The van der Waals surface area contributed by atoms with Crippen molar-refractivity contribution in [1.29, 1.82) is 10.5 Å². The summed E-state index contributed by atoms with van der Waals surface area (Å²) in [5.74, 6) is 0.563. The van der Waals surface area contributed by atoms with Crippen molar-refractivity contribution in [1.82, 2.24) is 9.29 Å². The van der Waals surface area contributed by atoms with E-state index in [9.17, 15) is 8.42 Å². The predicted molar refractivity (Wildman–Crippen MR) is 68.4 cm³/mol. The third-order valence-electron chi connectivity index (χ3n) is 2.23. The number of hydrogen-bond acceptors (Lipinski definition) is 6. The van der Waals surface area contributed by atoms with Gasteiger partial charge in [0.25, 0.3) is 0 Å². The fraction of sp³-hybridized carbons (Fsp3) is 0.364. The maximum Gasteiger partial charge on any atom is 0.246 e. The molecule has 0 atom stereocenters. The van der Waals surface area contributed by atoms with Crippen LogP contribution in [0.3, 0.4) is 0 Å². The van der Waals surface area contributed by atoms with Gasteiger partial charge in [-0.1, -0.05) is 0 Å². The molecule has 0 fully saturated rings. The van der Waals surface area contributed by atoms with Gasteiger partial charge in [0, 0.05) is 12.7 Å². The van der Waals surface area contributed by atoms with E-state index in [1.165, 1.54) is 18.3 Å². The monoisotopic (exact) mass is 279 g/mol. The van der Waals surface area contributed by atoms with Gasteiger partial charge in [-0.3, -0.25) is 0 Å². The Morgan fingerprint density at radius 1 is 1.32 bits per heavy atom. The van der Waals surface area contributed by atoms with Gasteiger partial charge in [0.15, 0.2) is 0 Å². The smallest absolute Gasteiger partial charge is 0.246 e. The van der Waals surface area contributed by atoms with Crippen LogP contribution >= 0.6 is 0 Å². The number of nitrogens with one attached hydrogen (secondary N) is 1. The molecule has 0 saturated heterocycles. The first-order valence-corrected chi connectivity index (χ1v) is 6.94. The molecule has 100 valence electrons. The van der Waals surface area contributed by atoms with E-state index in [1.807, 2.05) is 6.92 Å². The highest BCUT2D eigenvalue weighted by Gasteiger charge is 2.24. The molecule has 0 aliphatic rings. The number of anilines is 1.